The van der Waals surface area contributed by atoms with Crippen molar-refractivity contribution in [1.82, 2.24) is 4.90 Å². The van der Waals surface area contributed by atoms with Crippen LogP contribution in [0.1, 0.15) is 11.1 Å². The molecular formula is C31H25ClN2O5S. The van der Waals surface area contributed by atoms with E-state index in [1.165, 1.54) is 16.9 Å². The second-order valence-electron chi connectivity index (χ2n) is 8.97. The number of esters is 1. The van der Waals surface area contributed by atoms with E-state index in [1.54, 1.807) is 49.6 Å². The topological polar surface area (TPSA) is 68.3 Å². The van der Waals surface area contributed by atoms with Gasteiger partial charge >= 0.3 is 5.97 Å². The Hall–Kier alpha value is -4.40. The molecule has 7 nitrogen and oxygen atoms in total. The molecule has 4 aromatic rings. The number of fused-ring (bicyclic) bond motifs is 1. The Labute approximate surface area is 242 Å². The predicted octanol–water partition coefficient (Wildman–Crippen LogP) is 6.23. The number of hydrogen-bond acceptors (Lipinski definition) is 6. The van der Waals surface area contributed by atoms with Gasteiger partial charge in [-0.2, -0.15) is 0 Å². The van der Waals surface area contributed by atoms with Crippen molar-refractivity contribution in [3.63, 3.8) is 0 Å². The smallest absolute Gasteiger partial charge is 0.325 e. The number of halogens is 1. The van der Waals surface area contributed by atoms with Gasteiger partial charge in [0.05, 0.1) is 19.9 Å². The largest absolute Gasteiger partial charge is 0.493 e. The minimum absolute atomic E-state index is 0.159. The van der Waals surface area contributed by atoms with Crippen LogP contribution in [0.3, 0.4) is 0 Å². The van der Waals surface area contributed by atoms with Crippen molar-refractivity contribution < 1.29 is 23.8 Å². The van der Waals surface area contributed by atoms with Crippen LogP contribution in [0.25, 0.3) is 16.8 Å². The van der Waals surface area contributed by atoms with Crippen LogP contribution in [0.15, 0.2) is 90.6 Å². The van der Waals surface area contributed by atoms with E-state index in [0.717, 1.165) is 16.3 Å². The first-order valence-electron chi connectivity index (χ1n) is 12.4. The SMILES string of the molecule is COC(=O)CN1C(=S)N(c2ccc(Cl)cc2)C(=O)/C1=C/c1ccc(OCc2ccc3ccccc3c2)c(OC)c1. The summed E-state index contributed by atoms with van der Waals surface area (Å²) < 4.78 is 16.5. The van der Waals surface area contributed by atoms with Crippen molar-refractivity contribution in [2.24, 2.45) is 0 Å². The molecule has 40 heavy (non-hydrogen) atoms. The molecule has 202 valence electrons. The maximum absolute atomic E-state index is 13.5. The van der Waals surface area contributed by atoms with Crippen LogP contribution in [0, 0.1) is 0 Å². The Balaban J connectivity index is 1.42. The van der Waals surface area contributed by atoms with E-state index in [9.17, 15) is 9.59 Å². The highest BCUT2D eigenvalue weighted by molar-refractivity contribution is 7.80. The quantitative estimate of drug-likeness (QED) is 0.141. The van der Waals surface area contributed by atoms with Crippen LogP contribution < -0.4 is 14.4 Å². The maximum atomic E-state index is 13.5. The third-order valence-electron chi connectivity index (χ3n) is 6.43. The number of methoxy groups -OCH3 is 2. The van der Waals surface area contributed by atoms with Gasteiger partial charge in [0.15, 0.2) is 16.6 Å². The number of hydrogen-bond donors (Lipinski definition) is 0. The molecule has 0 aromatic heterocycles. The second kappa shape index (κ2) is 11.8. The normalized spacial score (nSPS) is 14.2. The molecule has 1 fully saturated rings. The molecule has 0 spiro atoms. The minimum Gasteiger partial charge on any atom is -0.493 e. The van der Waals surface area contributed by atoms with Crippen LogP contribution in [0.2, 0.25) is 5.02 Å². The van der Waals surface area contributed by atoms with Crippen LogP contribution in [0.5, 0.6) is 11.5 Å². The fourth-order valence-corrected chi connectivity index (χ4v) is 4.86. The molecule has 0 atom stereocenters. The average Bonchev–Trinajstić information content (AvgIpc) is 3.20. The lowest BCUT2D eigenvalue weighted by atomic mass is 10.1. The first kappa shape index (κ1) is 27.2. The molecule has 1 saturated heterocycles. The minimum atomic E-state index is -0.533. The molecule has 1 aliphatic rings. The summed E-state index contributed by atoms with van der Waals surface area (Å²) in [4.78, 5) is 28.5. The standard InChI is InChI=1S/C31H25ClN2O5S/c1-37-28-17-20(8-14-27(28)39-19-21-7-9-22-5-3-4-6-23(22)15-21)16-26-30(36)34(25-12-10-24(32)11-13-25)31(40)33(26)18-29(35)38-2/h3-17H,18-19H2,1-2H3/b26-16-. The van der Waals surface area contributed by atoms with Gasteiger partial charge in [-0.15, -0.1) is 0 Å². The third kappa shape index (κ3) is 5.64. The summed E-state index contributed by atoms with van der Waals surface area (Å²) in [5, 5.41) is 2.99. The molecular weight excluding hydrogens is 548 g/mol. The molecule has 0 saturated carbocycles. The zero-order valence-electron chi connectivity index (χ0n) is 21.8. The van der Waals surface area contributed by atoms with Gasteiger partial charge in [-0.05, 0) is 82.7 Å². The van der Waals surface area contributed by atoms with E-state index in [2.05, 4.69) is 24.3 Å². The second-order valence-corrected chi connectivity index (χ2v) is 9.77. The summed E-state index contributed by atoms with van der Waals surface area (Å²) in [5.41, 5.74) is 2.44. The number of rotatable bonds is 8. The first-order chi connectivity index (χ1) is 19.4. The van der Waals surface area contributed by atoms with E-state index in [0.29, 0.717) is 34.4 Å². The van der Waals surface area contributed by atoms with Gasteiger partial charge < -0.3 is 19.1 Å². The maximum Gasteiger partial charge on any atom is 0.325 e. The van der Waals surface area contributed by atoms with Crippen molar-refractivity contribution in [3.8, 4) is 11.5 Å². The van der Waals surface area contributed by atoms with E-state index in [4.69, 9.17) is 38.0 Å². The Morgan fingerprint density at radius 1 is 0.925 bits per heavy atom. The third-order valence-corrected chi connectivity index (χ3v) is 7.09. The average molecular weight is 573 g/mol. The molecule has 0 radical (unpaired) electrons. The Morgan fingerprint density at radius 3 is 2.40 bits per heavy atom. The lowest BCUT2D eigenvalue weighted by Gasteiger charge is -2.19. The summed E-state index contributed by atoms with van der Waals surface area (Å²) in [5.74, 6) is 0.137. The van der Waals surface area contributed by atoms with E-state index >= 15 is 0 Å². The number of benzene rings is 4. The Morgan fingerprint density at radius 2 is 1.68 bits per heavy atom. The number of carbonyl (C=O) groups is 2. The van der Waals surface area contributed by atoms with Crippen LogP contribution in [0.4, 0.5) is 5.69 Å². The van der Waals surface area contributed by atoms with E-state index < -0.39 is 5.97 Å². The highest BCUT2D eigenvalue weighted by Crippen LogP contribution is 2.33. The first-order valence-corrected chi connectivity index (χ1v) is 13.1. The highest BCUT2D eigenvalue weighted by Gasteiger charge is 2.40. The molecule has 5 rings (SSSR count). The van der Waals surface area contributed by atoms with Gasteiger partial charge in [-0.25, -0.2) is 0 Å². The van der Waals surface area contributed by atoms with Gasteiger partial charge in [-0.1, -0.05) is 54.1 Å². The molecule has 0 bridgehead atoms. The summed E-state index contributed by atoms with van der Waals surface area (Å²) in [7, 11) is 2.84. The molecule has 9 heteroatoms. The number of carbonyl (C=O) groups excluding carboxylic acids is 2. The Bertz CT molecular complexity index is 1640. The van der Waals surface area contributed by atoms with Crippen LogP contribution in [-0.2, 0) is 20.9 Å². The van der Waals surface area contributed by atoms with Gasteiger partial charge in [0.1, 0.15) is 18.8 Å². The molecule has 0 N–H and O–H groups in total. The lowest BCUT2D eigenvalue weighted by molar-refractivity contribution is -0.140. The van der Waals surface area contributed by atoms with Crippen molar-refractivity contribution >= 4 is 63.3 Å². The van der Waals surface area contributed by atoms with Crippen molar-refractivity contribution in [2.75, 3.05) is 25.7 Å². The van der Waals surface area contributed by atoms with E-state index in [-0.39, 0.29) is 23.3 Å². The summed E-state index contributed by atoms with van der Waals surface area (Å²) in [6.07, 6.45) is 1.66. The lowest BCUT2D eigenvalue weighted by Crippen LogP contribution is -2.35. The molecule has 0 unspecified atom stereocenters. The number of anilines is 1. The number of amides is 1. The summed E-state index contributed by atoms with van der Waals surface area (Å²) in [6, 6.07) is 26.4. The highest BCUT2D eigenvalue weighted by atomic mass is 35.5. The summed E-state index contributed by atoms with van der Waals surface area (Å²) in [6.45, 7) is 0.137. The van der Waals surface area contributed by atoms with Crippen LogP contribution >= 0.6 is 23.8 Å². The van der Waals surface area contributed by atoms with Crippen molar-refractivity contribution in [2.45, 2.75) is 6.61 Å². The molecule has 4 aromatic carbocycles. The fraction of sp³-hybridized carbons (Fsp3) is 0.129. The van der Waals surface area contributed by atoms with Crippen molar-refractivity contribution in [3.05, 3.63) is 107 Å². The van der Waals surface area contributed by atoms with Crippen LogP contribution in [-0.4, -0.2) is 42.7 Å². The monoisotopic (exact) mass is 572 g/mol. The summed E-state index contributed by atoms with van der Waals surface area (Å²) >= 11 is 11.6. The molecule has 0 aliphatic carbocycles. The van der Waals surface area contributed by atoms with Gasteiger partial charge in [0.25, 0.3) is 5.91 Å². The van der Waals surface area contributed by atoms with Gasteiger partial charge in [0.2, 0.25) is 0 Å². The predicted molar refractivity (Wildman–Crippen MR) is 160 cm³/mol. The zero-order chi connectivity index (χ0) is 28.2. The van der Waals surface area contributed by atoms with Crippen molar-refractivity contribution in [1.29, 1.82) is 0 Å². The molecule has 1 aliphatic heterocycles. The Kier molecular flexibility index (Phi) is 8.00. The van der Waals surface area contributed by atoms with E-state index in [1.807, 2.05) is 24.3 Å². The van der Waals surface area contributed by atoms with Gasteiger partial charge in [-0.3, -0.25) is 14.5 Å². The number of ether oxygens (including phenoxy) is 3. The number of thiocarbonyl (C=S) groups is 1. The van der Waals surface area contributed by atoms with Gasteiger partial charge in [0, 0.05) is 5.02 Å². The molecule has 1 heterocycles. The zero-order valence-corrected chi connectivity index (χ0v) is 23.4. The fourth-order valence-electron chi connectivity index (χ4n) is 4.39. The number of nitrogens with zero attached hydrogens (tertiary/aromatic N) is 2. The molecule has 1 amide bonds.